The third kappa shape index (κ3) is 4.34. The van der Waals surface area contributed by atoms with Gasteiger partial charge in [0.25, 0.3) is 0 Å². The molecule has 2 nitrogen and oxygen atoms in total. The molecule has 0 unspecified atom stereocenters. The molecule has 1 aromatic carbocycles. The summed E-state index contributed by atoms with van der Waals surface area (Å²) >= 11 is 0. The van der Waals surface area contributed by atoms with Gasteiger partial charge in [-0.2, -0.15) is 0 Å². The third-order valence-corrected chi connectivity index (χ3v) is 2.26. The first-order chi connectivity index (χ1) is 8.00. The van der Waals surface area contributed by atoms with Crippen molar-refractivity contribution in [2.45, 2.75) is 20.3 Å². The van der Waals surface area contributed by atoms with E-state index in [2.05, 4.69) is 5.32 Å². The lowest BCUT2D eigenvalue weighted by Crippen LogP contribution is -2.20. The second-order valence-corrected chi connectivity index (χ2v) is 3.80. The van der Waals surface area contributed by atoms with Crippen LogP contribution < -0.4 is 5.32 Å². The molecule has 0 heterocycles. The lowest BCUT2D eigenvalue weighted by Gasteiger charge is -2.01. The van der Waals surface area contributed by atoms with E-state index in [1.807, 2.05) is 0 Å². The molecule has 0 fully saturated rings. The fraction of sp³-hybridized carbons (Fsp3) is 0.308. The van der Waals surface area contributed by atoms with E-state index >= 15 is 0 Å². The average molecular weight is 239 g/mol. The van der Waals surface area contributed by atoms with Crippen LogP contribution in [0.15, 0.2) is 18.2 Å². The topological polar surface area (TPSA) is 29.1 Å². The summed E-state index contributed by atoms with van der Waals surface area (Å²) in [6.07, 6.45) is 3.94. The number of nitrogens with one attached hydrogen (secondary N) is 1. The zero-order valence-electron chi connectivity index (χ0n) is 9.89. The summed E-state index contributed by atoms with van der Waals surface area (Å²) in [4.78, 5) is 10.6. The summed E-state index contributed by atoms with van der Waals surface area (Å²) in [5.74, 6) is -1.22. The molecule has 4 heteroatoms. The molecular formula is C13H15F2NO. The summed E-state index contributed by atoms with van der Waals surface area (Å²) in [5.41, 5.74) is 0.764. The lowest BCUT2D eigenvalue weighted by molar-refractivity contribution is -0.118. The van der Waals surface area contributed by atoms with Gasteiger partial charge in [0, 0.05) is 25.1 Å². The van der Waals surface area contributed by atoms with E-state index in [4.69, 9.17) is 0 Å². The Hall–Kier alpha value is -1.71. The smallest absolute Gasteiger partial charge is 0.216 e. The number of carbonyl (C=O) groups is 1. The molecular weight excluding hydrogens is 224 g/mol. The molecule has 92 valence electrons. The van der Waals surface area contributed by atoms with Crippen molar-refractivity contribution in [2.75, 3.05) is 6.54 Å². The summed E-state index contributed by atoms with van der Waals surface area (Å²) in [6.45, 7) is 3.53. The molecule has 1 N–H and O–H groups in total. The highest BCUT2D eigenvalue weighted by molar-refractivity contribution is 5.72. The highest BCUT2D eigenvalue weighted by Gasteiger charge is 2.04. The fourth-order valence-corrected chi connectivity index (χ4v) is 1.35. The maximum absolute atomic E-state index is 13.3. The first-order valence-electron chi connectivity index (χ1n) is 5.37. The van der Waals surface area contributed by atoms with Crippen LogP contribution in [0.4, 0.5) is 8.78 Å². The van der Waals surface area contributed by atoms with Gasteiger partial charge in [-0.1, -0.05) is 12.2 Å². The predicted molar refractivity (Wildman–Crippen MR) is 63.4 cm³/mol. The summed E-state index contributed by atoms with van der Waals surface area (Å²) < 4.78 is 26.3. The zero-order chi connectivity index (χ0) is 12.8. The van der Waals surface area contributed by atoms with Crippen LogP contribution in [-0.4, -0.2) is 12.5 Å². The maximum atomic E-state index is 13.3. The minimum Gasteiger partial charge on any atom is -0.356 e. The molecule has 1 amide bonds. The van der Waals surface area contributed by atoms with Gasteiger partial charge in [0.2, 0.25) is 5.91 Å². The molecule has 0 saturated heterocycles. The molecule has 0 aliphatic carbocycles. The number of rotatable bonds is 4. The first-order valence-corrected chi connectivity index (χ1v) is 5.37. The number of carbonyl (C=O) groups excluding carboxylic acids is 1. The quantitative estimate of drug-likeness (QED) is 0.804. The SMILES string of the molecule is CC(=O)NCCC=Cc1cc(C)c(F)cc1F. The molecule has 0 saturated carbocycles. The number of benzene rings is 1. The van der Waals surface area contributed by atoms with Crippen LogP contribution in [0.3, 0.4) is 0 Å². The summed E-state index contributed by atoms with van der Waals surface area (Å²) in [5, 5.41) is 2.62. The second kappa shape index (κ2) is 6.13. The number of aryl methyl sites for hydroxylation is 1. The van der Waals surface area contributed by atoms with Crippen molar-refractivity contribution in [1.29, 1.82) is 0 Å². The Kier molecular flexibility index (Phi) is 4.82. The second-order valence-electron chi connectivity index (χ2n) is 3.80. The highest BCUT2D eigenvalue weighted by Crippen LogP contribution is 2.15. The predicted octanol–water partition coefficient (Wildman–Crippen LogP) is 2.81. The van der Waals surface area contributed by atoms with E-state index in [9.17, 15) is 13.6 Å². The van der Waals surface area contributed by atoms with E-state index in [1.165, 1.54) is 13.0 Å². The monoisotopic (exact) mass is 239 g/mol. The number of hydrogen-bond acceptors (Lipinski definition) is 1. The van der Waals surface area contributed by atoms with Crippen LogP contribution in [0.5, 0.6) is 0 Å². The van der Waals surface area contributed by atoms with Crippen LogP contribution in [0, 0.1) is 18.6 Å². The molecule has 1 aromatic rings. The maximum Gasteiger partial charge on any atom is 0.216 e. The molecule has 0 atom stereocenters. The number of amides is 1. The third-order valence-electron chi connectivity index (χ3n) is 2.26. The van der Waals surface area contributed by atoms with Crippen molar-refractivity contribution < 1.29 is 13.6 Å². The average Bonchev–Trinajstić information content (AvgIpc) is 2.24. The number of hydrogen-bond donors (Lipinski definition) is 1. The van der Waals surface area contributed by atoms with Crippen LogP contribution in [-0.2, 0) is 4.79 Å². The normalized spacial score (nSPS) is 10.8. The Balaban J connectivity index is 2.59. The largest absolute Gasteiger partial charge is 0.356 e. The number of halogens is 2. The van der Waals surface area contributed by atoms with Crippen LogP contribution >= 0.6 is 0 Å². The molecule has 0 aliphatic rings. The Morgan fingerprint density at radius 1 is 1.35 bits per heavy atom. The van der Waals surface area contributed by atoms with Gasteiger partial charge in [0.1, 0.15) is 11.6 Å². The summed E-state index contributed by atoms with van der Waals surface area (Å²) in [6, 6.07) is 2.34. The Bertz CT molecular complexity index is 441. The molecule has 0 spiro atoms. The highest BCUT2D eigenvalue weighted by atomic mass is 19.1. The fourth-order valence-electron chi connectivity index (χ4n) is 1.35. The van der Waals surface area contributed by atoms with Gasteiger partial charge in [0.05, 0.1) is 0 Å². The van der Waals surface area contributed by atoms with Crippen LogP contribution in [0.25, 0.3) is 6.08 Å². The molecule has 0 bridgehead atoms. The minimum atomic E-state index is -0.580. The molecule has 17 heavy (non-hydrogen) atoms. The van der Waals surface area contributed by atoms with Crippen LogP contribution in [0.2, 0.25) is 0 Å². The van der Waals surface area contributed by atoms with E-state index in [1.54, 1.807) is 19.1 Å². The molecule has 0 aliphatic heterocycles. The minimum absolute atomic E-state index is 0.0952. The Labute approximate surface area is 99.3 Å². The molecule has 1 rings (SSSR count). The molecule has 0 aromatic heterocycles. The van der Waals surface area contributed by atoms with Crippen molar-refractivity contribution in [1.82, 2.24) is 5.32 Å². The Morgan fingerprint density at radius 3 is 2.71 bits per heavy atom. The zero-order valence-corrected chi connectivity index (χ0v) is 9.89. The summed E-state index contributed by atoms with van der Waals surface area (Å²) in [7, 11) is 0. The standard InChI is InChI=1S/C13H15F2NO/c1-9-7-11(13(15)8-12(9)14)5-3-4-6-16-10(2)17/h3,5,7-8H,4,6H2,1-2H3,(H,16,17). The van der Waals surface area contributed by atoms with Gasteiger partial charge in [-0.25, -0.2) is 8.78 Å². The van der Waals surface area contributed by atoms with Gasteiger partial charge in [-0.15, -0.1) is 0 Å². The van der Waals surface area contributed by atoms with E-state index in [-0.39, 0.29) is 5.91 Å². The van der Waals surface area contributed by atoms with Crippen molar-refractivity contribution in [3.63, 3.8) is 0 Å². The van der Waals surface area contributed by atoms with Crippen LogP contribution in [0.1, 0.15) is 24.5 Å². The van der Waals surface area contributed by atoms with Gasteiger partial charge in [-0.05, 0) is 25.0 Å². The first kappa shape index (κ1) is 13.4. The Morgan fingerprint density at radius 2 is 2.06 bits per heavy atom. The lowest BCUT2D eigenvalue weighted by atomic mass is 10.1. The van der Waals surface area contributed by atoms with Crippen molar-refractivity contribution >= 4 is 12.0 Å². The van der Waals surface area contributed by atoms with E-state index in [0.717, 1.165) is 6.07 Å². The van der Waals surface area contributed by atoms with Crippen molar-refractivity contribution in [3.05, 3.63) is 41.0 Å². The van der Waals surface area contributed by atoms with E-state index < -0.39 is 11.6 Å². The van der Waals surface area contributed by atoms with Gasteiger partial charge in [0.15, 0.2) is 0 Å². The molecule has 0 radical (unpaired) electrons. The van der Waals surface area contributed by atoms with E-state index in [0.29, 0.717) is 24.1 Å². The van der Waals surface area contributed by atoms with Crippen molar-refractivity contribution in [2.24, 2.45) is 0 Å². The van der Waals surface area contributed by atoms with Gasteiger partial charge in [-0.3, -0.25) is 4.79 Å². The van der Waals surface area contributed by atoms with Gasteiger partial charge >= 0.3 is 0 Å². The van der Waals surface area contributed by atoms with Gasteiger partial charge < -0.3 is 5.32 Å². The van der Waals surface area contributed by atoms with Crippen molar-refractivity contribution in [3.8, 4) is 0 Å².